The van der Waals surface area contributed by atoms with Gasteiger partial charge >= 0.3 is 0 Å². The topological polar surface area (TPSA) is 55.3 Å². The van der Waals surface area contributed by atoms with E-state index in [-0.39, 0.29) is 12.0 Å². The van der Waals surface area contributed by atoms with Gasteiger partial charge in [0.2, 0.25) is 0 Å². The number of ether oxygens (including phenoxy) is 1. The molecular formula is C16H17N3O2S. The number of carbonyl (C=O) groups excluding carboxylic acids is 1. The Morgan fingerprint density at radius 2 is 2.18 bits per heavy atom. The first-order valence-electron chi connectivity index (χ1n) is 7.52. The van der Waals surface area contributed by atoms with Gasteiger partial charge < -0.3 is 9.64 Å². The lowest BCUT2D eigenvalue weighted by atomic mass is 9.99. The molecule has 1 aromatic carbocycles. The molecular weight excluding hydrogens is 298 g/mol. The fourth-order valence-corrected chi connectivity index (χ4v) is 3.70. The molecule has 2 heterocycles. The van der Waals surface area contributed by atoms with E-state index in [1.807, 2.05) is 23.1 Å². The van der Waals surface area contributed by atoms with E-state index in [2.05, 4.69) is 15.7 Å². The number of para-hydroxylation sites is 1. The van der Waals surface area contributed by atoms with Crippen LogP contribution in [0.5, 0.6) is 0 Å². The van der Waals surface area contributed by atoms with Gasteiger partial charge in [0.15, 0.2) is 0 Å². The van der Waals surface area contributed by atoms with Crippen molar-refractivity contribution >= 4 is 23.1 Å². The molecule has 1 aliphatic heterocycles. The number of methoxy groups -OCH3 is 1. The van der Waals surface area contributed by atoms with Crippen molar-refractivity contribution in [2.24, 2.45) is 0 Å². The van der Waals surface area contributed by atoms with Gasteiger partial charge in [-0.1, -0.05) is 22.7 Å². The molecule has 0 unspecified atom stereocenters. The molecule has 0 N–H and O–H groups in total. The molecule has 4 rings (SSSR count). The molecule has 22 heavy (non-hydrogen) atoms. The molecule has 1 aromatic heterocycles. The molecule has 5 nitrogen and oxygen atoms in total. The quantitative estimate of drug-likeness (QED) is 0.874. The van der Waals surface area contributed by atoms with E-state index >= 15 is 0 Å². The van der Waals surface area contributed by atoms with Crippen LogP contribution in [0.25, 0.3) is 0 Å². The Balaban J connectivity index is 1.71. The smallest absolute Gasteiger partial charge is 0.272 e. The summed E-state index contributed by atoms with van der Waals surface area (Å²) in [4.78, 5) is 15.6. The normalized spacial score (nSPS) is 20.8. The molecule has 1 saturated carbocycles. The van der Waals surface area contributed by atoms with E-state index in [4.69, 9.17) is 4.74 Å². The molecule has 1 atom stereocenters. The third-order valence-corrected chi connectivity index (χ3v) is 5.10. The van der Waals surface area contributed by atoms with Crippen molar-refractivity contribution < 1.29 is 9.53 Å². The largest absolute Gasteiger partial charge is 0.379 e. The van der Waals surface area contributed by atoms with Gasteiger partial charge in [-0.05, 0) is 36.0 Å². The van der Waals surface area contributed by atoms with Gasteiger partial charge in [0, 0.05) is 25.1 Å². The Kier molecular flexibility index (Phi) is 3.43. The van der Waals surface area contributed by atoms with Crippen LogP contribution in [-0.4, -0.2) is 35.3 Å². The van der Waals surface area contributed by atoms with E-state index in [1.165, 1.54) is 11.5 Å². The van der Waals surface area contributed by atoms with Crippen molar-refractivity contribution in [3.8, 4) is 0 Å². The van der Waals surface area contributed by atoms with E-state index in [1.54, 1.807) is 7.11 Å². The van der Waals surface area contributed by atoms with E-state index in [0.29, 0.717) is 17.3 Å². The van der Waals surface area contributed by atoms with Crippen LogP contribution >= 0.6 is 11.5 Å². The number of fused-ring (bicyclic) bond motifs is 1. The summed E-state index contributed by atoms with van der Waals surface area (Å²) in [6.45, 7) is 0.578. The summed E-state index contributed by atoms with van der Waals surface area (Å²) >= 11 is 1.21. The summed E-state index contributed by atoms with van der Waals surface area (Å²) in [6.07, 6.45) is 3.10. The number of rotatable bonds is 3. The van der Waals surface area contributed by atoms with Crippen molar-refractivity contribution in [2.75, 3.05) is 18.6 Å². The number of nitrogens with zero attached hydrogens (tertiary/aromatic N) is 3. The van der Waals surface area contributed by atoms with Crippen molar-refractivity contribution in [2.45, 2.75) is 31.3 Å². The third-order valence-electron chi connectivity index (χ3n) is 4.37. The first-order valence-corrected chi connectivity index (χ1v) is 8.30. The SMILES string of the molecule is CO[C@H]1Cc2ccccc2N(C(=O)c2snnc2C2CC2)C1. The molecule has 0 radical (unpaired) electrons. The summed E-state index contributed by atoms with van der Waals surface area (Å²) in [7, 11) is 1.70. The van der Waals surface area contributed by atoms with Gasteiger partial charge in [0.1, 0.15) is 4.88 Å². The molecule has 1 fully saturated rings. The summed E-state index contributed by atoms with van der Waals surface area (Å²) in [5.74, 6) is 0.432. The minimum Gasteiger partial charge on any atom is -0.379 e. The number of hydrogen-bond acceptors (Lipinski definition) is 5. The summed E-state index contributed by atoms with van der Waals surface area (Å²) in [6, 6.07) is 8.04. The maximum atomic E-state index is 13.0. The van der Waals surface area contributed by atoms with E-state index in [0.717, 1.165) is 36.2 Å². The Bertz CT molecular complexity index is 711. The van der Waals surface area contributed by atoms with Crippen LogP contribution in [0.1, 0.15) is 39.7 Å². The summed E-state index contributed by atoms with van der Waals surface area (Å²) < 4.78 is 9.52. The first kappa shape index (κ1) is 13.8. The van der Waals surface area contributed by atoms with Gasteiger partial charge in [-0.2, -0.15) is 0 Å². The minimum atomic E-state index is 0.00565. The number of amides is 1. The second-order valence-electron chi connectivity index (χ2n) is 5.87. The lowest BCUT2D eigenvalue weighted by molar-refractivity contribution is 0.0872. The van der Waals surface area contributed by atoms with Crippen molar-refractivity contribution in [1.82, 2.24) is 9.59 Å². The first-order chi connectivity index (χ1) is 10.8. The monoisotopic (exact) mass is 315 g/mol. The zero-order chi connectivity index (χ0) is 15.1. The van der Waals surface area contributed by atoms with Gasteiger partial charge in [-0.3, -0.25) is 4.79 Å². The second-order valence-corrected chi connectivity index (χ2v) is 6.62. The molecule has 0 spiro atoms. The number of anilines is 1. The van der Waals surface area contributed by atoms with Gasteiger partial charge in [-0.25, -0.2) is 0 Å². The minimum absolute atomic E-state index is 0.00565. The molecule has 6 heteroatoms. The molecule has 0 bridgehead atoms. The van der Waals surface area contributed by atoms with Gasteiger partial charge in [0.05, 0.1) is 18.3 Å². The lowest BCUT2D eigenvalue weighted by Gasteiger charge is -2.33. The molecule has 1 amide bonds. The molecule has 2 aliphatic rings. The van der Waals surface area contributed by atoms with Gasteiger partial charge in [0.25, 0.3) is 5.91 Å². The van der Waals surface area contributed by atoms with Crippen LogP contribution in [0.4, 0.5) is 5.69 Å². The number of benzene rings is 1. The van der Waals surface area contributed by atoms with E-state index < -0.39 is 0 Å². The molecule has 114 valence electrons. The molecule has 0 saturated heterocycles. The van der Waals surface area contributed by atoms with Crippen LogP contribution in [0.15, 0.2) is 24.3 Å². The van der Waals surface area contributed by atoms with Crippen LogP contribution in [0.2, 0.25) is 0 Å². The Morgan fingerprint density at radius 1 is 1.36 bits per heavy atom. The Labute approximate surface area is 133 Å². The standard InChI is InChI=1S/C16H17N3O2S/c1-21-12-8-11-4-2-3-5-13(11)19(9-12)16(20)15-14(10-6-7-10)17-18-22-15/h2-5,10,12H,6-9H2,1H3/t12-/m0/s1. The van der Waals surface area contributed by atoms with Crippen molar-refractivity contribution in [3.63, 3.8) is 0 Å². The van der Waals surface area contributed by atoms with Crippen molar-refractivity contribution in [3.05, 3.63) is 40.4 Å². The highest BCUT2D eigenvalue weighted by Crippen LogP contribution is 2.42. The second kappa shape index (κ2) is 5.44. The molecule has 2 aromatic rings. The summed E-state index contributed by atoms with van der Waals surface area (Å²) in [5, 5.41) is 4.18. The van der Waals surface area contributed by atoms with Crippen LogP contribution in [-0.2, 0) is 11.2 Å². The average Bonchev–Trinajstić information content (AvgIpc) is 3.30. The van der Waals surface area contributed by atoms with Crippen LogP contribution in [0, 0.1) is 0 Å². The Morgan fingerprint density at radius 3 is 2.95 bits per heavy atom. The Hall–Kier alpha value is -1.79. The fourth-order valence-electron chi connectivity index (χ4n) is 3.00. The highest BCUT2D eigenvalue weighted by atomic mass is 32.1. The lowest BCUT2D eigenvalue weighted by Crippen LogP contribution is -2.43. The molecule has 1 aliphatic carbocycles. The predicted molar refractivity (Wildman–Crippen MR) is 84.5 cm³/mol. The van der Waals surface area contributed by atoms with Crippen LogP contribution < -0.4 is 4.90 Å². The fraction of sp³-hybridized carbons (Fsp3) is 0.438. The zero-order valence-electron chi connectivity index (χ0n) is 12.4. The zero-order valence-corrected chi connectivity index (χ0v) is 13.2. The number of hydrogen-bond donors (Lipinski definition) is 0. The maximum absolute atomic E-state index is 13.0. The number of aromatic nitrogens is 2. The van der Waals surface area contributed by atoms with Crippen molar-refractivity contribution in [1.29, 1.82) is 0 Å². The van der Waals surface area contributed by atoms with Gasteiger partial charge in [-0.15, -0.1) is 5.10 Å². The third kappa shape index (κ3) is 2.32. The highest BCUT2D eigenvalue weighted by Gasteiger charge is 2.36. The number of carbonyl (C=O) groups is 1. The average molecular weight is 315 g/mol. The highest BCUT2D eigenvalue weighted by molar-refractivity contribution is 7.08. The predicted octanol–water partition coefficient (Wildman–Crippen LogP) is 2.63. The van der Waals surface area contributed by atoms with Crippen LogP contribution in [0.3, 0.4) is 0 Å². The maximum Gasteiger partial charge on any atom is 0.272 e. The summed E-state index contributed by atoms with van der Waals surface area (Å²) in [5.41, 5.74) is 3.02. The van der Waals surface area contributed by atoms with E-state index in [9.17, 15) is 4.79 Å².